The maximum atomic E-state index is 14.6. The Kier molecular flexibility index (Phi) is 9.72. The van der Waals surface area contributed by atoms with Gasteiger partial charge in [-0.2, -0.15) is 0 Å². The van der Waals surface area contributed by atoms with Crippen LogP contribution in [0.4, 0.5) is 10.6 Å². The fraction of sp³-hybridized carbons (Fsp3) is 0.590. The number of rotatable bonds is 10. The van der Waals surface area contributed by atoms with Gasteiger partial charge in [0.25, 0.3) is 0 Å². The number of aryl methyl sites for hydroxylation is 2. The number of fused-ring (bicyclic) bond motifs is 3. The molecule has 49 heavy (non-hydrogen) atoms. The van der Waals surface area contributed by atoms with Crippen molar-refractivity contribution >= 4 is 29.2 Å². The van der Waals surface area contributed by atoms with Gasteiger partial charge in [0.2, 0.25) is 5.91 Å². The van der Waals surface area contributed by atoms with Crippen molar-refractivity contribution in [3.8, 4) is 16.2 Å². The molecule has 8 rings (SSSR count). The third-order valence-corrected chi connectivity index (χ3v) is 13.3. The fourth-order valence-corrected chi connectivity index (χ4v) is 9.63. The summed E-state index contributed by atoms with van der Waals surface area (Å²) in [6.07, 6.45) is 13.6. The van der Waals surface area contributed by atoms with Crippen LogP contribution in [0.15, 0.2) is 42.7 Å². The molecule has 2 aromatic heterocycles. The molecule has 1 saturated heterocycles. The number of pyridine rings is 1. The van der Waals surface area contributed by atoms with Gasteiger partial charge in [-0.1, -0.05) is 19.1 Å². The normalized spacial score (nSPS) is 26.7. The van der Waals surface area contributed by atoms with E-state index in [4.69, 9.17) is 14.5 Å². The standard InChI is InChI=1S/C39H50N4O5S/c1-4-35-41-21-33(49-35)29-11-18-40-34(20-29)43(36(45)28-5-8-31(9-6-28)48-37(46)42-22-27(23-42)24-44)25-38-12-15-39(16-13-38,17-14-38)30-7-10-32(47-3)26(2)19-30/h7,10-11,18-21,27-28,31,44H,4-6,8-9,12-17,22-25H2,1-3H3. The Morgan fingerprint density at radius 1 is 1.02 bits per heavy atom. The Morgan fingerprint density at radius 2 is 1.76 bits per heavy atom. The van der Waals surface area contributed by atoms with E-state index in [0.29, 0.717) is 45.3 Å². The fourth-order valence-electron chi connectivity index (χ4n) is 8.78. The van der Waals surface area contributed by atoms with Gasteiger partial charge >= 0.3 is 6.09 Å². The minimum absolute atomic E-state index is 0.0624. The molecule has 5 fully saturated rings. The summed E-state index contributed by atoms with van der Waals surface area (Å²) in [4.78, 5) is 41.4. The molecule has 3 aromatic rings. The number of amides is 2. The van der Waals surface area contributed by atoms with E-state index in [1.54, 1.807) is 23.3 Å². The molecule has 5 aliphatic rings. The summed E-state index contributed by atoms with van der Waals surface area (Å²) in [6, 6.07) is 10.8. The predicted octanol–water partition coefficient (Wildman–Crippen LogP) is 7.33. The highest BCUT2D eigenvalue weighted by molar-refractivity contribution is 7.15. The first-order chi connectivity index (χ1) is 23.7. The Balaban J connectivity index is 1.08. The molecular weight excluding hydrogens is 637 g/mol. The van der Waals surface area contributed by atoms with Crippen molar-refractivity contribution in [1.29, 1.82) is 0 Å². The topological polar surface area (TPSA) is 105 Å². The molecule has 2 amide bonds. The van der Waals surface area contributed by atoms with Crippen molar-refractivity contribution < 1.29 is 24.2 Å². The molecule has 262 valence electrons. The van der Waals surface area contributed by atoms with Gasteiger partial charge in [-0.15, -0.1) is 11.3 Å². The second-order valence-corrected chi connectivity index (χ2v) is 16.2. The van der Waals surface area contributed by atoms with Crippen LogP contribution in [0, 0.1) is 24.2 Å². The average molecular weight is 687 g/mol. The molecular formula is C39H50N4O5S. The van der Waals surface area contributed by atoms with E-state index in [0.717, 1.165) is 72.0 Å². The first-order valence-corrected chi connectivity index (χ1v) is 19.0. The molecule has 1 N–H and O–H groups in total. The third-order valence-electron chi connectivity index (χ3n) is 12.1. The number of anilines is 1. The van der Waals surface area contributed by atoms with Gasteiger partial charge in [-0.05, 0) is 123 Å². The summed E-state index contributed by atoms with van der Waals surface area (Å²) in [7, 11) is 1.73. The van der Waals surface area contributed by atoms with Crippen LogP contribution in [0.3, 0.4) is 0 Å². The van der Waals surface area contributed by atoms with Crippen LogP contribution in [0.25, 0.3) is 10.4 Å². The lowest BCUT2D eigenvalue weighted by Crippen LogP contribution is -2.52. The lowest BCUT2D eigenvalue weighted by Gasteiger charge is -2.55. The zero-order valence-corrected chi connectivity index (χ0v) is 30.0. The number of likely N-dealkylation sites (tertiary alicyclic amines) is 1. The summed E-state index contributed by atoms with van der Waals surface area (Å²) in [5.74, 6) is 1.82. The zero-order valence-electron chi connectivity index (χ0n) is 29.2. The lowest BCUT2D eigenvalue weighted by atomic mass is 9.51. The zero-order chi connectivity index (χ0) is 34.2. The highest BCUT2D eigenvalue weighted by Crippen LogP contribution is 2.58. The predicted molar refractivity (Wildman–Crippen MR) is 191 cm³/mol. The molecule has 0 spiro atoms. The van der Waals surface area contributed by atoms with Crippen LogP contribution in [0.5, 0.6) is 5.75 Å². The van der Waals surface area contributed by atoms with E-state index < -0.39 is 0 Å². The van der Waals surface area contributed by atoms with Gasteiger partial charge < -0.3 is 19.5 Å². The number of nitrogens with zero attached hydrogens (tertiary/aromatic N) is 4. The highest BCUT2D eigenvalue weighted by atomic mass is 32.1. The summed E-state index contributed by atoms with van der Waals surface area (Å²) in [5.41, 5.74) is 3.92. The molecule has 1 aromatic carbocycles. The van der Waals surface area contributed by atoms with E-state index in [1.807, 2.05) is 23.4 Å². The number of ether oxygens (including phenoxy) is 2. The number of hydrogen-bond acceptors (Lipinski definition) is 8. The number of carbonyl (C=O) groups is 2. The second kappa shape index (κ2) is 14.0. The van der Waals surface area contributed by atoms with Gasteiger partial charge in [0.05, 0.1) is 17.0 Å². The monoisotopic (exact) mass is 686 g/mol. The van der Waals surface area contributed by atoms with Crippen molar-refractivity contribution in [2.75, 3.05) is 38.3 Å². The first kappa shape index (κ1) is 34.0. The van der Waals surface area contributed by atoms with Crippen molar-refractivity contribution in [1.82, 2.24) is 14.9 Å². The summed E-state index contributed by atoms with van der Waals surface area (Å²) in [6.45, 7) is 6.12. The molecule has 1 aliphatic heterocycles. The second-order valence-electron chi connectivity index (χ2n) is 15.1. The maximum absolute atomic E-state index is 14.6. The maximum Gasteiger partial charge on any atom is 0.410 e. The van der Waals surface area contributed by atoms with Crippen LogP contribution in [-0.4, -0.2) is 71.4 Å². The van der Waals surface area contributed by atoms with E-state index in [-0.39, 0.29) is 47.4 Å². The van der Waals surface area contributed by atoms with Crippen molar-refractivity contribution in [2.24, 2.45) is 17.3 Å². The summed E-state index contributed by atoms with van der Waals surface area (Å²) < 4.78 is 11.4. The Bertz CT molecular complexity index is 1640. The third kappa shape index (κ3) is 6.83. The largest absolute Gasteiger partial charge is 0.496 e. The van der Waals surface area contributed by atoms with Gasteiger partial charge in [0.1, 0.15) is 17.7 Å². The van der Waals surface area contributed by atoms with Crippen molar-refractivity contribution in [3.63, 3.8) is 0 Å². The van der Waals surface area contributed by atoms with Gasteiger partial charge in [0.15, 0.2) is 0 Å². The number of methoxy groups -OCH3 is 1. The Morgan fingerprint density at radius 3 is 2.39 bits per heavy atom. The van der Waals surface area contributed by atoms with E-state index >= 15 is 0 Å². The SMILES string of the molecule is CCc1ncc(-c2ccnc(N(CC34CCC(c5ccc(OC)c(C)c5)(CC3)CC4)C(=O)C3CCC(OC(=O)N4CC(CO)C4)CC3)c2)s1. The van der Waals surface area contributed by atoms with E-state index in [2.05, 4.69) is 43.1 Å². The highest BCUT2D eigenvalue weighted by Gasteiger charge is 2.51. The number of thiazole rings is 1. The number of aliphatic hydroxyl groups excluding tert-OH is 1. The lowest BCUT2D eigenvalue weighted by molar-refractivity contribution is -0.124. The van der Waals surface area contributed by atoms with E-state index in [9.17, 15) is 14.7 Å². The first-order valence-electron chi connectivity index (χ1n) is 18.2. The van der Waals surface area contributed by atoms with Crippen LogP contribution in [0.1, 0.15) is 87.3 Å². The smallest absolute Gasteiger partial charge is 0.410 e. The van der Waals surface area contributed by atoms with Crippen LogP contribution in [0.2, 0.25) is 0 Å². The minimum Gasteiger partial charge on any atom is -0.496 e. The quantitative estimate of drug-likeness (QED) is 0.238. The molecule has 4 aliphatic carbocycles. The Hall–Kier alpha value is -3.50. The van der Waals surface area contributed by atoms with Gasteiger partial charge in [0, 0.05) is 50.5 Å². The van der Waals surface area contributed by atoms with E-state index in [1.165, 1.54) is 11.1 Å². The number of benzene rings is 1. The summed E-state index contributed by atoms with van der Waals surface area (Å²) >= 11 is 1.70. The molecule has 4 saturated carbocycles. The Labute approximate surface area is 294 Å². The van der Waals surface area contributed by atoms with Crippen LogP contribution < -0.4 is 9.64 Å². The van der Waals surface area contributed by atoms with Crippen molar-refractivity contribution in [3.05, 3.63) is 58.9 Å². The van der Waals surface area contributed by atoms with Crippen LogP contribution >= 0.6 is 11.3 Å². The molecule has 0 unspecified atom stereocenters. The molecule has 2 bridgehead atoms. The molecule has 10 heteroatoms. The average Bonchev–Trinajstić information content (AvgIpc) is 3.61. The molecule has 0 atom stereocenters. The molecule has 9 nitrogen and oxygen atoms in total. The van der Waals surface area contributed by atoms with Gasteiger partial charge in [-0.3, -0.25) is 9.69 Å². The number of hydrogen-bond donors (Lipinski definition) is 1. The number of carbonyl (C=O) groups excluding carboxylic acids is 2. The minimum atomic E-state index is -0.300. The van der Waals surface area contributed by atoms with Crippen LogP contribution in [-0.2, 0) is 21.4 Å². The number of aliphatic hydroxyl groups is 1. The number of aromatic nitrogens is 2. The van der Waals surface area contributed by atoms with Crippen molar-refractivity contribution in [2.45, 2.75) is 96.0 Å². The summed E-state index contributed by atoms with van der Waals surface area (Å²) in [5, 5.41) is 10.4. The molecule has 3 heterocycles. The molecule has 0 radical (unpaired) electrons. The van der Waals surface area contributed by atoms with Gasteiger partial charge in [-0.25, -0.2) is 14.8 Å².